The van der Waals surface area contributed by atoms with Crippen molar-refractivity contribution in [3.05, 3.63) is 99.0 Å². The van der Waals surface area contributed by atoms with Gasteiger partial charge in [-0.2, -0.15) is 5.10 Å². The van der Waals surface area contributed by atoms with Crippen LogP contribution in [0.2, 0.25) is 5.02 Å². The van der Waals surface area contributed by atoms with Gasteiger partial charge in [0.25, 0.3) is 5.91 Å². The summed E-state index contributed by atoms with van der Waals surface area (Å²) in [5.74, 6) is -0.329. The minimum Gasteiger partial charge on any atom is -0.322 e. The van der Waals surface area contributed by atoms with Crippen molar-refractivity contribution in [2.45, 2.75) is 66.2 Å². The summed E-state index contributed by atoms with van der Waals surface area (Å²) in [5, 5.41) is 10.9. The van der Waals surface area contributed by atoms with Gasteiger partial charge < -0.3 is 10.2 Å². The molecular formula is C34H35ClN4O3. The quantitative estimate of drug-likeness (QED) is 0.332. The maximum Gasteiger partial charge on any atom is 0.261 e. The summed E-state index contributed by atoms with van der Waals surface area (Å²) >= 11 is 6.25. The van der Waals surface area contributed by atoms with Gasteiger partial charge >= 0.3 is 0 Å². The van der Waals surface area contributed by atoms with Crippen LogP contribution in [0.4, 0.5) is 11.5 Å². The number of benzene rings is 2. The Labute approximate surface area is 251 Å². The van der Waals surface area contributed by atoms with E-state index < -0.39 is 5.92 Å². The van der Waals surface area contributed by atoms with E-state index in [2.05, 4.69) is 43.2 Å². The second-order valence-electron chi connectivity index (χ2n) is 13.4. The largest absolute Gasteiger partial charge is 0.322 e. The minimum absolute atomic E-state index is 0.0144. The van der Waals surface area contributed by atoms with Crippen LogP contribution in [0.25, 0.3) is 0 Å². The number of amides is 1. The molecule has 2 aromatic carbocycles. The summed E-state index contributed by atoms with van der Waals surface area (Å²) in [5.41, 5.74) is 5.20. The van der Waals surface area contributed by atoms with E-state index in [4.69, 9.17) is 11.6 Å². The van der Waals surface area contributed by atoms with E-state index in [9.17, 15) is 14.4 Å². The summed E-state index contributed by atoms with van der Waals surface area (Å²) in [7, 11) is 0. The van der Waals surface area contributed by atoms with Crippen molar-refractivity contribution in [1.82, 2.24) is 10.2 Å². The molecule has 216 valence electrons. The van der Waals surface area contributed by atoms with Crippen molar-refractivity contribution >= 4 is 40.6 Å². The van der Waals surface area contributed by atoms with Crippen molar-refractivity contribution in [3.8, 4) is 0 Å². The standard InChI is InChI=1S/C34H35ClN4O3/c1-19-6-12-22(13-7-19)37-32(42)23-18-36-38-31(23)39-24-14-33(2,3)16-26(40)29(24)28(20-8-10-21(35)11-9-20)30-25(39)15-34(4,5)17-27(30)41/h6-13,18,28H,14-17H2,1-5H3,(H,36,38)(H,37,42). The monoisotopic (exact) mass is 582 g/mol. The number of carbonyl (C=O) groups is 3. The molecule has 2 aliphatic carbocycles. The van der Waals surface area contributed by atoms with Crippen molar-refractivity contribution < 1.29 is 14.4 Å². The summed E-state index contributed by atoms with van der Waals surface area (Å²) < 4.78 is 0. The van der Waals surface area contributed by atoms with E-state index in [1.165, 1.54) is 6.20 Å². The number of nitrogens with zero attached hydrogens (tertiary/aromatic N) is 2. The maximum atomic E-state index is 14.1. The number of H-pyrrole nitrogens is 1. The lowest BCUT2D eigenvalue weighted by Gasteiger charge is -2.48. The number of aromatic amines is 1. The molecule has 1 aromatic heterocycles. The second-order valence-corrected chi connectivity index (χ2v) is 13.8. The first-order valence-corrected chi connectivity index (χ1v) is 14.7. The molecule has 0 saturated carbocycles. The molecule has 0 fully saturated rings. The zero-order valence-electron chi connectivity index (χ0n) is 24.6. The first-order chi connectivity index (χ1) is 19.8. The SMILES string of the molecule is Cc1ccc(NC(=O)c2cn[nH]c2N2C3=C(C(=O)CC(C)(C)C3)C(c3ccc(Cl)cc3)C3=C2CC(C)(C)CC3=O)cc1. The van der Waals surface area contributed by atoms with Crippen molar-refractivity contribution in [3.63, 3.8) is 0 Å². The van der Waals surface area contributed by atoms with Crippen molar-refractivity contribution in [2.75, 3.05) is 10.2 Å². The molecule has 0 atom stereocenters. The molecule has 3 aliphatic rings. The zero-order chi connectivity index (χ0) is 30.0. The number of aromatic nitrogens is 2. The van der Waals surface area contributed by atoms with Gasteiger partial charge in [-0.05, 0) is 60.4 Å². The summed E-state index contributed by atoms with van der Waals surface area (Å²) in [6.45, 7) is 10.3. The first kappa shape index (κ1) is 28.2. The van der Waals surface area contributed by atoms with Crippen LogP contribution in [0, 0.1) is 17.8 Å². The number of allylic oxidation sites excluding steroid dienone is 4. The third-order valence-corrected chi connectivity index (χ3v) is 8.76. The predicted octanol–water partition coefficient (Wildman–Crippen LogP) is 7.51. The molecule has 0 spiro atoms. The van der Waals surface area contributed by atoms with Gasteiger partial charge in [0.05, 0.1) is 6.20 Å². The number of anilines is 2. The van der Waals surface area contributed by atoms with Gasteiger partial charge in [-0.1, -0.05) is 69.1 Å². The number of rotatable bonds is 4. The first-order valence-electron chi connectivity index (χ1n) is 14.3. The maximum absolute atomic E-state index is 14.1. The van der Waals surface area contributed by atoms with Crippen LogP contribution in [0.15, 0.2) is 77.3 Å². The highest BCUT2D eigenvalue weighted by atomic mass is 35.5. The Morgan fingerprint density at radius 1 is 0.881 bits per heavy atom. The van der Waals surface area contributed by atoms with Crippen molar-refractivity contribution in [2.24, 2.45) is 10.8 Å². The number of carbonyl (C=O) groups excluding carboxylic acids is 3. The van der Waals surface area contributed by atoms with Crippen molar-refractivity contribution in [1.29, 1.82) is 0 Å². The molecule has 0 radical (unpaired) electrons. The van der Waals surface area contributed by atoms with E-state index in [0.717, 1.165) is 22.5 Å². The average molecular weight is 583 g/mol. The Hall–Kier alpha value is -3.97. The van der Waals surface area contributed by atoms with Crippen LogP contribution < -0.4 is 10.2 Å². The minimum atomic E-state index is -0.497. The molecule has 0 unspecified atom stereocenters. The molecule has 3 aromatic rings. The Morgan fingerprint density at radius 3 is 1.98 bits per heavy atom. The molecule has 2 heterocycles. The van der Waals surface area contributed by atoms with E-state index in [0.29, 0.717) is 58.9 Å². The highest BCUT2D eigenvalue weighted by Crippen LogP contribution is 2.55. The van der Waals surface area contributed by atoms with Crippen LogP contribution in [0.3, 0.4) is 0 Å². The number of hydrogen-bond acceptors (Lipinski definition) is 5. The Bertz CT molecular complexity index is 1620. The fraction of sp³-hybridized carbons (Fsp3) is 0.353. The van der Waals surface area contributed by atoms with E-state index in [1.807, 2.05) is 48.2 Å². The summed E-state index contributed by atoms with van der Waals surface area (Å²) in [4.78, 5) is 43.8. The Balaban J connectivity index is 1.56. The van der Waals surface area contributed by atoms with Gasteiger partial charge in [0.15, 0.2) is 11.6 Å². The van der Waals surface area contributed by atoms with Crippen LogP contribution in [-0.4, -0.2) is 27.7 Å². The van der Waals surface area contributed by atoms with E-state index in [1.54, 1.807) is 12.1 Å². The zero-order valence-corrected chi connectivity index (χ0v) is 25.4. The van der Waals surface area contributed by atoms with Crippen LogP contribution >= 0.6 is 11.6 Å². The van der Waals surface area contributed by atoms with Gasteiger partial charge in [-0.15, -0.1) is 0 Å². The highest BCUT2D eigenvalue weighted by molar-refractivity contribution is 6.30. The Kier molecular flexibility index (Phi) is 6.76. The lowest BCUT2D eigenvalue weighted by Crippen LogP contribution is -2.45. The van der Waals surface area contributed by atoms with Crippen LogP contribution in [0.5, 0.6) is 0 Å². The molecule has 6 rings (SSSR count). The van der Waals surface area contributed by atoms with Crippen LogP contribution in [0.1, 0.15) is 80.8 Å². The third-order valence-electron chi connectivity index (χ3n) is 8.51. The number of aryl methyl sites for hydroxylation is 1. The molecule has 42 heavy (non-hydrogen) atoms. The average Bonchev–Trinajstić information content (AvgIpc) is 3.37. The van der Waals surface area contributed by atoms with Gasteiger partial charge in [-0.25, -0.2) is 0 Å². The number of hydrogen-bond donors (Lipinski definition) is 2. The van der Waals surface area contributed by atoms with E-state index >= 15 is 0 Å². The molecule has 1 aliphatic heterocycles. The number of ketones is 2. The molecule has 8 heteroatoms. The smallest absolute Gasteiger partial charge is 0.261 e. The molecule has 0 saturated heterocycles. The Morgan fingerprint density at radius 2 is 1.43 bits per heavy atom. The molecule has 7 nitrogen and oxygen atoms in total. The molecule has 2 N–H and O–H groups in total. The number of halogens is 1. The second kappa shape index (κ2) is 10.1. The molecular weight excluding hydrogens is 548 g/mol. The van der Waals surface area contributed by atoms with E-state index in [-0.39, 0.29) is 28.3 Å². The number of nitrogens with one attached hydrogen (secondary N) is 2. The number of Topliss-reactive ketones (excluding diaryl/α,β-unsaturated/α-hetero) is 2. The lowest BCUT2D eigenvalue weighted by molar-refractivity contribution is -0.119. The fourth-order valence-corrected chi connectivity index (χ4v) is 6.80. The third kappa shape index (κ3) is 5.00. The lowest BCUT2D eigenvalue weighted by atomic mass is 9.63. The van der Waals surface area contributed by atoms with Gasteiger partial charge in [-0.3, -0.25) is 19.5 Å². The highest BCUT2D eigenvalue weighted by Gasteiger charge is 2.50. The topological polar surface area (TPSA) is 95.2 Å². The summed E-state index contributed by atoms with van der Waals surface area (Å²) in [6, 6.07) is 15.0. The predicted molar refractivity (Wildman–Crippen MR) is 164 cm³/mol. The van der Waals surface area contributed by atoms with Gasteiger partial charge in [0, 0.05) is 52.0 Å². The normalized spacial score (nSPS) is 20.0. The van der Waals surface area contributed by atoms with Gasteiger partial charge in [0.2, 0.25) is 0 Å². The fourth-order valence-electron chi connectivity index (χ4n) is 6.67. The van der Waals surface area contributed by atoms with Gasteiger partial charge in [0.1, 0.15) is 11.4 Å². The van der Waals surface area contributed by atoms with Crippen LogP contribution in [-0.2, 0) is 9.59 Å². The summed E-state index contributed by atoms with van der Waals surface area (Å²) in [6.07, 6.45) is 3.45. The molecule has 1 amide bonds. The molecule has 0 bridgehead atoms.